The van der Waals surface area contributed by atoms with Gasteiger partial charge in [-0.25, -0.2) is 18.4 Å². The van der Waals surface area contributed by atoms with Gasteiger partial charge < -0.3 is 15.7 Å². The van der Waals surface area contributed by atoms with Crippen molar-refractivity contribution in [2.75, 3.05) is 0 Å². The van der Waals surface area contributed by atoms with Gasteiger partial charge in [-0.15, -0.1) is 0 Å². The van der Waals surface area contributed by atoms with Crippen molar-refractivity contribution in [3.8, 4) is 0 Å². The molecule has 0 aromatic heterocycles. The number of nitrogens with one attached hydrogen (secondary N) is 2. The van der Waals surface area contributed by atoms with E-state index < -0.39 is 35.7 Å². The zero-order valence-corrected chi connectivity index (χ0v) is 13.1. The first kappa shape index (κ1) is 17.4. The maximum Gasteiger partial charge on any atom is 0.329 e. The van der Waals surface area contributed by atoms with E-state index in [0.29, 0.717) is 0 Å². The van der Waals surface area contributed by atoms with Crippen LogP contribution in [0, 0.1) is 11.6 Å². The monoisotopic (exact) mass is 364 g/mol. The molecule has 1 atom stereocenters. The summed E-state index contributed by atoms with van der Waals surface area (Å²) in [4.78, 5) is 22.7. The number of rotatable bonds is 5. The van der Waals surface area contributed by atoms with E-state index in [-0.39, 0.29) is 16.5 Å². The summed E-state index contributed by atoms with van der Waals surface area (Å²) in [6.07, 6.45) is 0.162. The molecule has 0 heterocycles. The third-order valence-corrected chi connectivity index (χ3v) is 3.75. The molecule has 1 unspecified atom stereocenters. The largest absolute Gasteiger partial charge is 0.480 e. The molecule has 0 saturated heterocycles. The topological polar surface area (TPSA) is 78.4 Å². The highest BCUT2D eigenvalue weighted by Gasteiger charge is 2.32. The van der Waals surface area contributed by atoms with E-state index in [4.69, 9.17) is 5.11 Å². The maximum atomic E-state index is 13.7. The van der Waals surface area contributed by atoms with Gasteiger partial charge in [-0.05, 0) is 41.4 Å². The smallest absolute Gasteiger partial charge is 0.329 e. The van der Waals surface area contributed by atoms with Crippen molar-refractivity contribution in [3.63, 3.8) is 0 Å². The van der Waals surface area contributed by atoms with Gasteiger partial charge in [-0.2, -0.15) is 0 Å². The number of carboxylic acid groups (broad SMARTS) is 1. The summed E-state index contributed by atoms with van der Waals surface area (Å²) < 4.78 is 27.3. The van der Waals surface area contributed by atoms with Gasteiger partial charge in [0, 0.05) is 5.56 Å². The molecule has 0 saturated carbocycles. The number of carbonyl (C=O) groups excluding carboxylic acids is 1. The number of aliphatic carboxylic acids is 1. The van der Waals surface area contributed by atoms with Crippen LogP contribution >= 0.6 is 15.9 Å². The Kier molecular flexibility index (Phi) is 5.65. The lowest BCUT2D eigenvalue weighted by Gasteiger charge is -2.24. The molecule has 116 valence electrons. The summed E-state index contributed by atoms with van der Waals surface area (Å²) in [6, 6.07) is 1.46. The highest BCUT2D eigenvalue weighted by Crippen LogP contribution is 2.21. The number of benzene rings is 1. The second kappa shape index (κ2) is 6.84. The van der Waals surface area contributed by atoms with Crippen molar-refractivity contribution in [3.05, 3.63) is 33.8 Å². The maximum absolute atomic E-state index is 13.7. The molecule has 1 rings (SSSR count). The first-order chi connectivity index (χ1) is 9.71. The zero-order chi connectivity index (χ0) is 16.2. The third-order valence-electron chi connectivity index (χ3n) is 3.13. The van der Waals surface area contributed by atoms with Crippen LogP contribution in [0.5, 0.6) is 0 Å². The fraction of sp³-hybridized carbons (Fsp3) is 0.385. The van der Waals surface area contributed by atoms with Gasteiger partial charge in [0.2, 0.25) is 0 Å². The number of hydrogen-bond donors (Lipinski definition) is 3. The zero-order valence-electron chi connectivity index (χ0n) is 11.5. The molecule has 5 nitrogen and oxygen atoms in total. The van der Waals surface area contributed by atoms with E-state index in [1.807, 2.05) is 0 Å². The molecule has 0 aliphatic carbocycles. The van der Waals surface area contributed by atoms with Crippen LogP contribution in [0.2, 0.25) is 0 Å². The first-order valence-corrected chi connectivity index (χ1v) is 6.92. The molecule has 21 heavy (non-hydrogen) atoms. The Labute approximate surface area is 128 Å². The Morgan fingerprint density at radius 3 is 2.52 bits per heavy atom. The van der Waals surface area contributed by atoms with E-state index in [1.165, 1.54) is 13.0 Å². The molecule has 0 radical (unpaired) electrons. The second-order valence-corrected chi connectivity index (χ2v) is 5.47. The average Bonchev–Trinajstić information content (AvgIpc) is 2.42. The van der Waals surface area contributed by atoms with E-state index in [0.717, 1.165) is 6.07 Å². The fourth-order valence-corrected chi connectivity index (χ4v) is 1.86. The van der Waals surface area contributed by atoms with Crippen molar-refractivity contribution in [1.29, 1.82) is 0 Å². The number of halogens is 3. The number of carboxylic acids is 1. The predicted octanol–water partition coefficient (Wildman–Crippen LogP) is 2.78. The predicted molar refractivity (Wildman–Crippen MR) is 75.8 cm³/mol. The molecule has 2 amide bonds. The minimum absolute atomic E-state index is 0.0741. The van der Waals surface area contributed by atoms with Gasteiger partial charge >= 0.3 is 12.0 Å². The molecule has 0 spiro atoms. The molecule has 0 aliphatic heterocycles. The van der Waals surface area contributed by atoms with Gasteiger partial charge in [0.15, 0.2) is 0 Å². The molecule has 0 fully saturated rings. The van der Waals surface area contributed by atoms with Crippen LogP contribution in [-0.4, -0.2) is 22.6 Å². The summed E-state index contributed by atoms with van der Waals surface area (Å²) in [5, 5.41) is 13.5. The molecule has 0 bridgehead atoms. The van der Waals surface area contributed by atoms with Gasteiger partial charge in [0.05, 0.1) is 11.0 Å². The quantitative estimate of drug-likeness (QED) is 0.703. The Hall–Kier alpha value is -1.70. The van der Waals surface area contributed by atoms with Crippen molar-refractivity contribution in [2.24, 2.45) is 0 Å². The number of urea groups is 1. The lowest BCUT2D eigenvalue weighted by molar-refractivity contribution is -0.143. The lowest BCUT2D eigenvalue weighted by Crippen LogP contribution is -2.54. The van der Waals surface area contributed by atoms with Crippen LogP contribution < -0.4 is 10.6 Å². The summed E-state index contributed by atoms with van der Waals surface area (Å²) in [5.74, 6) is -2.81. The Morgan fingerprint density at radius 2 is 2.00 bits per heavy atom. The van der Waals surface area contributed by atoms with Crippen LogP contribution in [0.3, 0.4) is 0 Å². The summed E-state index contributed by atoms with van der Waals surface area (Å²) in [5.41, 5.74) is -1.76. The molecular formula is C13H15BrF2N2O3. The third kappa shape index (κ3) is 4.13. The molecule has 1 aromatic rings. The molecule has 1 aromatic carbocycles. The van der Waals surface area contributed by atoms with Crippen molar-refractivity contribution in [1.82, 2.24) is 10.6 Å². The van der Waals surface area contributed by atoms with Gasteiger partial charge in [0.1, 0.15) is 17.2 Å². The SMILES string of the molecule is CCC(C)(NC(=O)NCc1c(F)ccc(Br)c1F)C(=O)O. The number of amides is 2. The summed E-state index contributed by atoms with van der Waals surface area (Å²) in [6.45, 7) is 2.54. The molecule has 3 N–H and O–H groups in total. The van der Waals surface area contributed by atoms with Crippen molar-refractivity contribution < 1.29 is 23.5 Å². The van der Waals surface area contributed by atoms with Crippen LogP contribution in [0.15, 0.2) is 16.6 Å². The minimum Gasteiger partial charge on any atom is -0.480 e. The normalized spacial score (nSPS) is 13.4. The van der Waals surface area contributed by atoms with Crippen molar-refractivity contribution in [2.45, 2.75) is 32.4 Å². The van der Waals surface area contributed by atoms with Crippen molar-refractivity contribution >= 4 is 27.9 Å². The molecule has 8 heteroatoms. The fourth-order valence-electron chi connectivity index (χ4n) is 1.49. The molecular weight excluding hydrogens is 350 g/mol. The standard InChI is InChI=1S/C13H15BrF2N2O3/c1-3-13(2,11(19)20)18-12(21)17-6-7-9(15)5-4-8(14)10(7)16/h4-5H,3,6H2,1-2H3,(H,19,20)(H2,17,18,21). The minimum atomic E-state index is -1.45. The van der Waals surface area contributed by atoms with Crippen LogP contribution in [0.1, 0.15) is 25.8 Å². The second-order valence-electron chi connectivity index (χ2n) is 4.62. The Balaban J connectivity index is 2.75. The van der Waals surface area contributed by atoms with Crippen LogP contribution in [0.4, 0.5) is 13.6 Å². The Bertz CT molecular complexity index is 569. The van der Waals surface area contributed by atoms with E-state index in [1.54, 1.807) is 6.92 Å². The van der Waals surface area contributed by atoms with E-state index in [2.05, 4.69) is 26.6 Å². The van der Waals surface area contributed by atoms with Gasteiger partial charge in [0.25, 0.3) is 0 Å². The highest BCUT2D eigenvalue weighted by molar-refractivity contribution is 9.10. The van der Waals surface area contributed by atoms with E-state index in [9.17, 15) is 18.4 Å². The number of hydrogen-bond acceptors (Lipinski definition) is 2. The lowest BCUT2D eigenvalue weighted by atomic mass is 10.00. The molecule has 0 aliphatic rings. The Morgan fingerprint density at radius 1 is 1.38 bits per heavy atom. The average molecular weight is 365 g/mol. The van der Waals surface area contributed by atoms with Crippen LogP contribution in [0.25, 0.3) is 0 Å². The number of carbonyl (C=O) groups is 2. The summed E-state index contributed by atoms with van der Waals surface area (Å²) >= 11 is 2.92. The van der Waals surface area contributed by atoms with Gasteiger partial charge in [-0.3, -0.25) is 0 Å². The van der Waals surface area contributed by atoms with Crippen LogP contribution in [-0.2, 0) is 11.3 Å². The van der Waals surface area contributed by atoms with Gasteiger partial charge in [-0.1, -0.05) is 6.92 Å². The highest BCUT2D eigenvalue weighted by atomic mass is 79.9. The van der Waals surface area contributed by atoms with E-state index >= 15 is 0 Å². The summed E-state index contributed by atoms with van der Waals surface area (Å²) in [7, 11) is 0. The first-order valence-electron chi connectivity index (χ1n) is 6.13.